The maximum Gasteiger partial charge on any atom is 0.323 e. The summed E-state index contributed by atoms with van der Waals surface area (Å²) in [6, 6.07) is 3.94. The Labute approximate surface area is 139 Å². The largest absolute Gasteiger partial charge is 0.480 e. The quantitative estimate of drug-likeness (QED) is 0.770. The molecule has 6 heteroatoms. The van der Waals surface area contributed by atoms with Crippen LogP contribution in [0.3, 0.4) is 0 Å². The van der Waals surface area contributed by atoms with E-state index in [1.54, 1.807) is 30.1 Å². The molecule has 0 amide bonds. The van der Waals surface area contributed by atoms with Gasteiger partial charge < -0.3 is 14.8 Å². The molecular weight excluding hydrogens is 306 g/mol. The highest BCUT2D eigenvalue weighted by Crippen LogP contribution is 2.33. The smallest absolute Gasteiger partial charge is 0.323 e. The number of carboxylic acids is 1. The van der Waals surface area contributed by atoms with Crippen LogP contribution < -0.4 is 0 Å². The number of hydrogen-bond acceptors (Lipinski definition) is 4. The molecular formula is C18H19N3O3. The lowest BCUT2D eigenvalue weighted by atomic mass is 10.00. The van der Waals surface area contributed by atoms with Gasteiger partial charge in [-0.2, -0.15) is 0 Å². The molecule has 0 radical (unpaired) electrons. The molecule has 0 saturated carbocycles. The third-order valence-electron chi connectivity index (χ3n) is 4.06. The summed E-state index contributed by atoms with van der Waals surface area (Å²) in [4.78, 5) is 19.6. The number of hydrogen-bond donors (Lipinski definition) is 2. The van der Waals surface area contributed by atoms with E-state index >= 15 is 0 Å². The van der Waals surface area contributed by atoms with Gasteiger partial charge in [0.1, 0.15) is 12.4 Å². The number of aryl methyl sites for hydroxylation is 2. The van der Waals surface area contributed by atoms with Crippen molar-refractivity contribution >= 4 is 16.9 Å². The molecule has 24 heavy (non-hydrogen) atoms. The maximum atomic E-state index is 11.1. The number of aliphatic hydroxyl groups excluding tert-OH is 1. The van der Waals surface area contributed by atoms with Crippen LogP contribution in [0.25, 0.3) is 22.0 Å². The van der Waals surface area contributed by atoms with Gasteiger partial charge in [-0.05, 0) is 44.0 Å². The van der Waals surface area contributed by atoms with Crippen LogP contribution in [0.1, 0.15) is 30.0 Å². The van der Waals surface area contributed by atoms with Crippen LogP contribution in [0.4, 0.5) is 0 Å². The first-order valence-corrected chi connectivity index (χ1v) is 7.69. The SMILES string of the molecule is Cc1ncc(-c2cc(C)c3c(c2)c(C(C)O)cn3CC(=O)O)cn1. The Morgan fingerprint density at radius 3 is 2.46 bits per heavy atom. The van der Waals surface area contributed by atoms with E-state index < -0.39 is 12.1 Å². The number of rotatable bonds is 4. The van der Waals surface area contributed by atoms with E-state index in [1.165, 1.54) is 0 Å². The molecule has 0 aliphatic rings. The first-order chi connectivity index (χ1) is 11.4. The average molecular weight is 325 g/mol. The molecule has 0 spiro atoms. The van der Waals surface area contributed by atoms with E-state index in [4.69, 9.17) is 5.11 Å². The molecule has 0 aliphatic heterocycles. The minimum atomic E-state index is -0.917. The van der Waals surface area contributed by atoms with Gasteiger partial charge in [-0.3, -0.25) is 4.79 Å². The minimum Gasteiger partial charge on any atom is -0.480 e. The van der Waals surface area contributed by atoms with Crippen molar-refractivity contribution in [1.82, 2.24) is 14.5 Å². The Morgan fingerprint density at radius 2 is 1.88 bits per heavy atom. The van der Waals surface area contributed by atoms with Gasteiger partial charge in [0, 0.05) is 35.1 Å². The monoisotopic (exact) mass is 325 g/mol. The lowest BCUT2D eigenvalue weighted by Crippen LogP contribution is -2.08. The van der Waals surface area contributed by atoms with Crippen molar-refractivity contribution in [3.8, 4) is 11.1 Å². The Bertz CT molecular complexity index is 911. The number of benzene rings is 1. The van der Waals surface area contributed by atoms with Crippen molar-refractivity contribution in [1.29, 1.82) is 0 Å². The van der Waals surface area contributed by atoms with Crippen LogP contribution in [0.2, 0.25) is 0 Å². The second kappa shape index (κ2) is 6.05. The average Bonchev–Trinajstić information content (AvgIpc) is 2.86. The molecule has 1 atom stereocenters. The Morgan fingerprint density at radius 1 is 1.21 bits per heavy atom. The highest BCUT2D eigenvalue weighted by molar-refractivity contribution is 5.92. The summed E-state index contributed by atoms with van der Waals surface area (Å²) in [5, 5.41) is 20.0. The van der Waals surface area contributed by atoms with Gasteiger partial charge in [0.15, 0.2) is 0 Å². The third-order valence-corrected chi connectivity index (χ3v) is 4.06. The van der Waals surface area contributed by atoms with Crippen molar-refractivity contribution in [3.63, 3.8) is 0 Å². The number of aliphatic carboxylic acids is 1. The molecule has 3 aromatic rings. The van der Waals surface area contributed by atoms with Crippen LogP contribution in [-0.2, 0) is 11.3 Å². The van der Waals surface area contributed by atoms with E-state index in [-0.39, 0.29) is 6.54 Å². The summed E-state index contributed by atoms with van der Waals surface area (Å²) in [5.74, 6) is -0.215. The fourth-order valence-corrected chi connectivity index (χ4v) is 2.99. The van der Waals surface area contributed by atoms with Gasteiger partial charge in [-0.15, -0.1) is 0 Å². The lowest BCUT2D eigenvalue weighted by molar-refractivity contribution is -0.137. The summed E-state index contributed by atoms with van der Waals surface area (Å²) < 4.78 is 1.67. The van der Waals surface area contributed by atoms with Crippen LogP contribution in [0.5, 0.6) is 0 Å². The van der Waals surface area contributed by atoms with Crippen molar-refractivity contribution < 1.29 is 15.0 Å². The second-order valence-electron chi connectivity index (χ2n) is 5.99. The molecule has 0 saturated heterocycles. The predicted molar refractivity (Wildman–Crippen MR) is 90.7 cm³/mol. The lowest BCUT2D eigenvalue weighted by Gasteiger charge is -2.09. The molecule has 0 bridgehead atoms. The normalized spacial score (nSPS) is 12.5. The molecule has 0 aliphatic carbocycles. The molecule has 2 heterocycles. The zero-order chi connectivity index (χ0) is 17.4. The fourth-order valence-electron chi connectivity index (χ4n) is 2.99. The number of aliphatic hydroxyl groups is 1. The van der Waals surface area contributed by atoms with Crippen LogP contribution >= 0.6 is 0 Å². The molecule has 1 aromatic carbocycles. The molecule has 1 unspecified atom stereocenters. The molecule has 2 N–H and O–H groups in total. The summed E-state index contributed by atoms with van der Waals surface area (Å²) in [5.41, 5.74) is 4.30. The Kier molecular flexibility index (Phi) is 4.07. The highest BCUT2D eigenvalue weighted by Gasteiger charge is 2.17. The number of aromatic nitrogens is 3. The molecule has 0 fully saturated rings. The van der Waals surface area contributed by atoms with Crippen molar-refractivity contribution in [2.24, 2.45) is 0 Å². The van der Waals surface area contributed by atoms with Gasteiger partial charge in [0.25, 0.3) is 0 Å². The topological polar surface area (TPSA) is 88.2 Å². The number of fused-ring (bicyclic) bond motifs is 1. The molecule has 2 aromatic heterocycles. The first kappa shape index (κ1) is 16.1. The van der Waals surface area contributed by atoms with Crippen molar-refractivity contribution in [2.45, 2.75) is 33.4 Å². The second-order valence-corrected chi connectivity index (χ2v) is 5.99. The van der Waals surface area contributed by atoms with Gasteiger partial charge in [0.2, 0.25) is 0 Å². The minimum absolute atomic E-state index is 0.142. The van der Waals surface area contributed by atoms with E-state index in [9.17, 15) is 9.90 Å². The maximum absolute atomic E-state index is 11.1. The predicted octanol–water partition coefficient (Wildman–Crippen LogP) is 2.85. The highest BCUT2D eigenvalue weighted by atomic mass is 16.4. The van der Waals surface area contributed by atoms with Crippen LogP contribution in [0.15, 0.2) is 30.7 Å². The van der Waals surface area contributed by atoms with Crippen molar-refractivity contribution in [3.05, 3.63) is 47.7 Å². The summed E-state index contributed by atoms with van der Waals surface area (Å²) in [6.45, 7) is 5.30. The van der Waals surface area contributed by atoms with E-state index in [2.05, 4.69) is 9.97 Å². The zero-order valence-electron chi connectivity index (χ0n) is 13.8. The van der Waals surface area contributed by atoms with Gasteiger partial charge in [0.05, 0.1) is 11.6 Å². The Hall–Kier alpha value is -2.73. The summed E-state index contributed by atoms with van der Waals surface area (Å²) in [7, 11) is 0. The van der Waals surface area contributed by atoms with E-state index in [0.717, 1.165) is 27.6 Å². The zero-order valence-corrected chi connectivity index (χ0v) is 13.8. The van der Waals surface area contributed by atoms with Crippen molar-refractivity contribution in [2.75, 3.05) is 0 Å². The van der Waals surface area contributed by atoms with Crippen LogP contribution in [-0.4, -0.2) is 30.7 Å². The standard InChI is InChI=1S/C18H19N3O3/c1-10-4-13(14-6-19-12(3)20-7-14)5-15-16(11(2)22)8-21(18(10)15)9-17(23)24/h4-8,11,22H,9H2,1-3H3,(H,23,24). The molecule has 124 valence electrons. The fraction of sp³-hybridized carbons (Fsp3) is 0.278. The van der Waals surface area contributed by atoms with E-state index in [1.807, 2.05) is 26.0 Å². The van der Waals surface area contributed by atoms with Gasteiger partial charge in [-0.1, -0.05) is 0 Å². The Balaban J connectivity index is 2.24. The van der Waals surface area contributed by atoms with E-state index in [0.29, 0.717) is 11.4 Å². The molecule has 6 nitrogen and oxygen atoms in total. The summed E-state index contributed by atoms with van der Waals surface area (Å²) >= 11 is 0. The van der Waals surface area contributed by atoms with Gasteiger partial charge in [-0.25, -0.2) is 9.97 Å². The third kappa shape index (κ3) is 2.88. The van der Waals surface area contributed by atoms with Crippen LogP contribution in [0, 0.1) is 13.8 Å². The number of carboxylic acid groups (broad SMARTS) is 1. The number of carbonyl (C=O) groups is 1. The molecule has 3 rings (SSSR count). The summed E-state index contributed by atoms with van der Waals surface area (Å²) in [6.07, 6.45) is 4.55. The first-order valence-electron chi connectivity index (χ1n) is 7.69. The number of nitrogens with zero attached hydrogens (tertiary/aromatic N) is 3. The van der Waals surface area contributed by atoms with Gasteiger partial charge >= 0.3 is 5.97 Å².